The molecule has 0 atom stereocenters. The Morgan fingerprint density at radius 1 is 1.20 bits per heavy atom. The van der Waals surface area contributed by atoms with E-state index < -0.39 is 0 Å². The van der Waals surface area contributed by atoms with Gasteiger partial charge in [0.1, 0.15) is 0 Å². The minimum Gasteiger partial charge on any atom is -0.294 e. The van der Waals surface area contributed by atoms with E-state index in [4.69, 9.17) is 0 Å². The van der Waals surface area contributed by atoms with Crippen molar-refractivity contribution in [2.75, 3.05) is 6.54 Å². The molecule has 3 rings (SSSR count). The van der Waals surface area contributed by atoms with Crippen LogP contribution >= 0.6 is 0 Å². The Kier molecular flexibility index (Phi) is 2.10. The van der Waals surface area contributed by atoms with Crippen molar-refractivity contribution in [2.24, 2.45) is 0 Å². The molecule has 0 bridgehead atoms. The SMILES string of the molecule is [CH]1CCN1Cc1ccnc2ncccc12. The molecule has 0 amide bonds. The van der Waals surface area contributed by atoms with E-state index in [2.05, 4.69) is 33.5 Å². The highest BCUT2D eigenvalue weighted by Gasteiger charge is 2.15. The molecule has 3 heteroatoms. The quantitative estimate of drug-likeness (QED) is 0.739. The normalized spacial score (nSPS) is 16.5. The molecule has 0 N–H and O–H groups in total. The van der Waals surface area contributed by atoms with Crippen molar-refractivity contribution in [3.63, 3.8) is 0 Å². The van der Waals surface area contributed by atoms with Gasteiger partial charge in [-0.05, 0) is 30.2 Å². The van der Waals surface area contributed by atoms with Crippen LogP contribution in [0.3, 0.4) is 0 Å². The molecule has 0 aliphatic carbocycles. The van der Waals surface area contributed by atoms with Crippen molar-refractivity contribution in [3.05, 3.63) is 42.7 Å². The van der Waals surface area contributed by atoms with Crippen molar-refractivity contribution in [3.8, 4) is 0 Å². The third-order valence-corrected chi connectivity index (χ3v) is 2.78. The standard InChI is InChI=1S/C12H12N3/c1-3-11-10(9-15-7-2-8-15)4-6-14-12(11)13-5-1/h1,3-7H,2,8-9H2. The molecule has 2 aromatic heterocycles. The fraction of sp³-hybridized carbons (Fsp3) is 0.250. The van der Waals surface area contributed by atoms with Gasteiger partial charge in [-0.1, -0.05) is 0 Å². The summed E-state index contributed by atoms with van der Waals surface area (Å²) >= 11 is 0. The number of nitrogens with zero attached hydrogens (tertiary/aromatic N) is 3. The van der Waals surface area contributed by atoms with Crippen LogP contribution in [0.1, 0.15) is 12.0 Å². The van der Waals surface area contributed by atoms with Crippen molar-refractivity contribution >= 4 is 11.0 Å². The molecule has 0 aromatic carbocycles. The lowest BCUT2D eigenvalue weighted by Gasteiger charge is -2.30. The lowest BCUT2D eigenvalue weighted by molar-refractivity contribution is 0.237. The summed E-state index contributed by atoms with van der Waals surface area (Å²) < 4.78 is 0. The lowest BCUT2D eigenvalue weighted by atomic mass is 10.1. The molecule has 0 saturated carbocycles. The first kappa shape index (κ1) is 8.80. The monoisotopic (exact) mass is 198 g/mol. The van der Waals surface area contributed by atoms with Gasteiger partial charge in [-0.15, -0.1) is 0 Å². The smallest absolute Gasteiger partial charge is 0.159 e. The number of fused-ring (bicyclic) bond motifs is 1. The lowest BCUT2D eigenvalue weighted by Crippen LogP contribution is -2.31. The molecule has 15 heavy (non-hydrogen) atoms. The fourth-order valence-corrected chi connectivity index (χ4v) is 1.85. The van der Waals surface area contributed by atoms with Gasteiger partial charge in [0.25, 0.3) is 0 Å². The van der Waals surface area contributed by atoms with Gasteiger partial charge in [-0.2, -0.15) is 0 Å². The predicted octanol–water partition coefficient (Wildman–Crippen LogP) is 2.00. The molecule has 1 aliphatic heterocycles. The van der Waals surface area contributed by atoms with E-state index in [0.717, 1.165) is 12.2 Å². The summed E-state index contributed by atoms with van der Waals surface area (Å²) in [4.78, 5) is 10.8. The molecular formula is C12H12N3. The number of hydrogen-bond acceptors (Lipinski definition) is 3. The Morgan fingerprint density at radius 2 is 2.07 bits per heavy atom. The highest BCUT2D eigenvalue weighted by Crippen LogP contribution is 2.20. The van der Waals surface area contributed by atoms with Gasteiger partial charge < -0.3 is 0 Å². The predicted molar refractivity (Wildman–Crippen MR) is 58.9 cm³/mol. The summed E-state index contributed by atoms with van der Waals surface area (Å²) in [6.45, 7) is 4.39. The highest BCUT2D eigenvalue weighted by molar-refractivity contribution is 5.78. The summed E-state index contributed by atoms with van der Waals surface area (Å²) in [6, 6.07) is 6.13. The van der Waals surface area contributed by atoms with Gasteiger partial charge in [0.05, 0.1) is 0 Å². The second kappa shape index (κ2) is 3.59. The highest BCUT2D eigenvalue weighted by atomic mass is 15.2. The van der Waals surface area contributed by atoms with E-state index in [-0.39, 0.29) is 0 Å². The zero-order chi connectivity index (χ0) is 10.1. The van der Waals surface area contributed by atoms with E-state index in [9.17, 15) is 0 Å². The zero-order valence-corrected chi connectivity index (χ0v) is 8.43. The summed E-state index contributed by atoms with van der Waals surface area (Å²) in [7, 11) is 0. The van der Waals surface area contributed by atoms with Crippen molar-refractivity contribution in [2.45, 2.75) is 13.0 Å². The summed E-state index contributed by atoms with van der Waals surface area (Å²) in [6.07, 6.45) is 4.83. The average molecular weight is 198 g/mol. The van der Waals surface area contributed by atoms with E-state index in [0.29, 0.717) is 0 Å². The van der Waals surface area contributed by atoms with Gasteiger partial charge in [0, 0.05) is 37.4 Å². The maximum Gasteiger partial charge on any atom is 0.159 e. The fourth-order valence-electron chi connectivity index (χ4n) is 1.85. The summed E-state index contributed by atoms with van der Waals surface area (Å²) in [5.41, 5.74) is 2.15. The first-order valence-corrected chi connectivity index (χ1v) is 5.19. The molecule has 3 heterocycles. The van der Waals surface area contributed by atoms with Gasteiger partial charge in [0.15, 0.2) is 5.65 Å². The number of aromatic nitrogens is 2. The minimum absolute atomic E-state index is 0.843. The third kappa shape index (κ3) is 1.59. The Hall–Kier alpha value is -1.48. The summed E-state index contributed by atoms with van der Waals surface area (Å²) in [5.74, 6) is 0. The molecule has 0 spiro atoms. The molecule has 0 unspecified atom stereocenters. The van der Waals surface area contributed by atoms with E-state index in [1.807, 2.05) is 12.3 Å². The van der Waals surface area contributed by atoms with E-state index in [1.54, 1.807) is 6.20 Å². The van der Waals surface area contributed by atoms with Crippen LogP contribution in [0.5, 0.6) is 0 Å². The van der Waals surface area contributed by atoms with Gasteiger partial charge in [-0.25, -0.2) is 9.97 Å². The number of rotatable bonds is 2. The number of hydrogen-bond donors (Lipinski definition) is 0. The molecular weight excluding hydrogens is 186 g/mol. The summed E-state index contributed by atoms with van der Waals surface area (Å²) in [5, 5.41) is 1.17. The largest absolute Gasteiger partial charge is 0.294 e. The minimum atomic E-state index is 0.843. The first-order valence-electron chi connectivity index (χ1n) is 5.19. The maximum atomic E-state index is 4.25. The zero-order valence-electron chi connectivity index (χ0n) is 8.43. The van der Waals surface area contributed by atoms with E-state index in [1.165, 1.54) is 23.9 Å². The average Bonchev–Trinajstić information content (AvgIpc) is 2.23. The van der Waals surface area contributed by atoms with Gasteiger partial charge in [-0.3, -0.25) is 4.90 Å². The van der Waals surface area contributed by atoms with Crippen molar-refractivity contribution in [1.29, 1.82) is 0 Å². The number of pyridine rings is 2. The first-order chi connectivity index (χ1) is 7.43. The van der Waals surface area contributed by atoms with Crippen LogP contribution in [0.2, 0.25) is 0 Å². The van der Waals surface area contributed by atoms with Crippen LogP contribution in [-0.4, -0.2) is 21.4 Å². The molecule has 75 valence electrons. The molecule has 1 fully saturated rings. The van der Waals surface area contributed by atoms with Crippen molar-refractivity contribution in [1.82, 2.24) is 14.9 Å². The Morgan fingerprint density at radius 3 is 2.87 bits per heavy atom. The van der Waals surface area contributed by atoms with Crippen LogP contribution < -0.4 is 0 Å². The molecule has 2 aromatic rings. The Balaban J connectivity index is 2.01. The van der Waals surface area contributed by atoms with Crippen LogP contribution in [0.15, 0.2) is 30.6 Å². The second-order valence-electron chi connectivity index (χ2n) is 3.79. The maximum absolute atomic E-state index is 4.25. The van der Waals surface area contributed by atoms with Crippen LogP contribution in [0.4, 0.5) is 0 Å². The third-order valence-electron chi connectivity index (χ3n) is 2.78. The van der Waals surface area contributed by atoms with Gasteiger partial charge in [0.2, 0.25) is 0 Å². The molecule has 1 saturated heterocycles. The molecule has 1 radical (unpaired) electrons. The van der Waals surface area contributed by atoms with Crippen molar-refractivity contribution < 1.29 is 0 Å². The van der Waals surface area contributed by atoms with Crippen LogP contribution in [0, 0.1) is 6.54 Å². The Bertz CT molecular complexity index is 472. The van der Waals surface area contributed by atoms with E-state index >= 15 is 0 Å². The number of likely N-dealkylation sites (tertiary alicyclic amines) is 1. The Labute approximate surface area is 88.8 Å². The second-order valence-corrected chi connectivity index (χ2v) is 3.79. The molecule has 3 nitrogen and oxygen atoms in total. The van der Waals surface area contributed by atoms with Crippen LogP contribution in [0.25, 0.3) is 11.0 Å². The molecule has 1 aliphatic rings. The topological polar surface area (TPSA) is 29.0 Å². The van der Waals surface area contributed by atoms with Crippen LogP contribution in [-0.2, 0) is 6.54 Å². The van der Waals surface area contributed by atoms with Gasteiger partial charge >= 0.3 is 0 Å².